The zero-order valence-corrected chi connectivity index (χ0v) is 14.9. The van der Waals surface area contributed by atoms with Crippen molar-refractivity contribution in [2.24, 2.45) is 5.73 Å². The zero-order valence-electron chi connectivity index (χ0n) is 14.9. The highest BCUT2D eigenvalue weighted by Crippen LogP contribution is 2.38. The number of aryl methyl sites for hydroxylation is 1. The fraction of sp³-hybridized carbons (Fsp3) is 0.333. The Morgan fingerprint density at radius 2 is 2.04 bits per heavy atom. The summed E-state index contributed by atoms with van der Waals surface area (Å²) in [6.07, 6.45) is 6.58. The molecule has 4 rings (SSSR count). The van der Waals surface area contributed by atoms with Crippen molar-refractivity contribution in [2.75, 3.05) is 5.32 Å². The van der Waals surface area contributed by atoms with Gasteiger partial charge in [0, 0.05) is 29.1 Å². The molecule has 0 fully saturated rings. The van der Waals surface area contributed by atoms with Crippen LogP contribution in [0.1, 0.15) is 60.2 Å². The number of amides is 2. The van der Waals surface area contributed by atoms with Crippen LogP contribution in [-0.4, -0.2) is 16.8 Å². The quantitative estimate of drug-likeness (QED) is 0.739. The number of aromatic amines is 1. The molecule has 26 heavy (non-hydrogen) atoms. The Morgan fingerprint density at radius 1 is 1.27 bits per heavy atom. The summed E-state index contributed by atoms with van der Waals surface area (Å²) in [6, 6.07) is 7.71. The van der Waals surface area contributed by atoms with Crippen LogP contribution in [0, 0.1) is 0 Å². The average molecular weight is 349 g/mol. The molecule has 1 aromatic heterocycles. The van der Waals surface area contributed by atoms with Gasteiger partial charge in [0.2, 0.25) is 5.91 Å². The number of nitrogens with one attached hydrogen (secondary N) is 2. The summed E-state index contributed by atoms with van der Waals surface area (Å²) in [4.78, 5) is 27.5. The molecule has 2 aliphatic rings. The predicted octanol–water partition coefficient (Wildman–Crippen LogP) is 3.37. The van der Waals surface area contributed by atoms with E-state index in [1.807, 2.05) is 37.3 Å². The number of carbonyl (C=O) groups is 2. The molecule has 2 aromatic rings. The fourth-order valence-corrected chi connectivity index (χ4v) is 4.24. The molecular weight excluding hydrogens is 326 g/mol. The van der Waals surface area contributed by atoms with Gasteiger partial charge in [-0.1, -0.05) is 25.1 Å². The number of rotatable bonds is 4. The first kappa shape index (κ1) is 16.6. The third kappa shape index (κ3) is 2.83. The molecule has 5 nitrogen and oxygen atoms in total. The Bertz CT molecular complexity index is 923. The molecule has 0 radical (unpaired) electrons. The van der Waals surface area contributed by atoms with Crippen LogP contribution < -0.4 is 11.1 Å². The maximum Gasteiger partial charge on any atom is 0.256 e. The number of hydrogen-bond acceptors (Lipinski definition) is 2. The molecule has 0 spiro atoms. The van der Waals surface area contributed by atoms with Crippen molar-refractivity contribution >= 4 is 29.2 Å². The minimum atomic E-state index is -0.300. The first-order valence-corrected chi connectivity index (χ1v) is 9.19. The van der Waals surface area contributed by atoms with Crippen LogP contribution >= 0.6 is 0 Å². The standard InChI is InChI=1S/C21H23N3O2/c1-12(10-19(22)25)20-14-7-3-5-9-17(14)23-18(20)11-15-13-6-2-4-8-16(13)24-21(15)26/h2,4,6,8,11-12,23H,3,5,7,9-10H2,1H3,(H2,22,25)(H,24,26). The number of aromatic nitrogens is 1. The minimum absolute atomic E-state index is 0.0251. The topological polar surface area (TPSA) is 88.0 Å². The van der Waals surface area contributed by atoms with E-state index in [0.29, 0.717) is 12.0 Å². The highest BCUT2D eigenvalue weighted by Gasteiger charge is 2.27. The normalized spacial score (nSPS) is 18.3. The lowest BCUT2D eigenvalue weighted by atomic mass is 9.87. The van der Waals surface area contributed by atoms with Crippen LogP contribution in [0.3, 0.4) is 0 Å². The summed E-state index contributed by atoms with van der Waals surface area (Å²) in [7, 11) is 0. The second kappa shape index (κ2) is 6.48. The van der Waals surface area contributed by atoms with Crippen molar-refractivity contribution in [3.63, 3.8) is 0 Å². The molecule has 1 aliphatic carbocycles. The molecule has 0 saturated heterocycles. The fourth-order valence-electron chi connectivity index (χ4n) is 4.24. The lowest BCUT2D eigenvalue weighted by Gasteiger charge is -2.16. The molecule has 5 heteroatoms. The smallest absolute Gasteiger partial charge is 0.256 e. The molecule has 1 unspecified atom stereocenters. The van der Waals surface area contributed by atoms with E-state index >= 15 is 0 Å². The Morgan fingerprint density at radius 3 is 2.85 bits per heavy atom. The molecule has 134 valence electrons. The van der Waals surface area contributed by atoms with Crippen molar-refractivity contribution in [1.82, 2.24) is 4.98 Å². The number of primary amides is 1. The predicted molar refractivity (Wildman–Crippen MR) is 103 cm³/mol. The van der Waals surface area contributed by atoms with Gasteiger partial charge in [0.1, 0.15) is 0 Å². The number of fused-ring (bicyclic) bond motifs is 2. The molecule has 0 bridgehead atoms. The van der Waals surface area contributed by atoms with Crippen LogP contribution in [0.15, 0.2) is 24.3 Å². The van der Waals surface area contributed by atoms with E-state index < -0.39 is 0 Å². The summed E-state index contributed by atoms with van der Waals surface area (Å²) < 4.78 is 0. The molecule has 1 aliphatic heterocycles. The lowest BCUT2D eigenvalue weighted by molar-refractivity contribution is -0.118. The molecule has 2 heterocycles. The highest BCUT2D eigenvalue weighted by molar-refractivity contribution is 6.34. The number of para-hydroxylation sites is 1. The van der Waals surface area contributed by atoms with Crippen molar-refractivity contribution in [1.29, 1.82) is 0 Å². The lowest BCUT2D eigenvalue weighted by Crippen LogP contribution is -2.15. The average Bonchev–Trinajstić information content (AvgIpc) is 3.12. The van der Waals surface area contributed by atoms with Gasteiger partial charge in [0.15, 0.2) is 0 Å². The largest absolute Gasteiger partial charge is 0.370 e. The van der Waals surface area contributed by atoms with E-state index in [1.165, 1.54) is 11.3 Å². The molecule has 4 N–H and O–H groups in total. The number of H-pyrrole nitrogens is 1. The molecule has 1 atom stereocenters. The molecule has 2 amide bonds. The van der Waals surface area contributed by atoms with E-state index in [1.54, 1.807) is 0 Å². The number of carbonyl (C=O) groups excluding carboxylic acids is 2. The third-order valence-electron chi connectivity index (χ3n) is 5.37. The Kier molecular flexibility index (Phi) is 4.15. The van der Waals surface area contributed by atoms with Gasteiger partial charge < -0.3 is 16.0 Å². The van der Waals surface area contributed by atoms with Crippen LogP contribution in [0.25, 0.3) is 11.6 Å². The van der Waals surface area contributed by atoms with Gasteiger partial charge in [-0.05, 0) is 54.9 Å². The number of hydrogen-bond donors (Lipinski definition) is 3. The maximum atomic E-state index is 12.5. The second-order valence-electron chi connectivity index (χ2n) is 7.25. The van der Waals surface area contributed by atoms with Crippen molar-refractivity contribution < 1.29 is 9.59 Å². The van der Waals surface area contributed by atoms with Crippen molar-refractivity contribution in [3.8, 4) is 0 Å². The maximum absolute atomic E-state index is 12.5. The van der Waals surface area contributed by atoms with Crippen molar-refractivity contribution in [3.05, 3.63) is 52.3 Å². The van der Waals surface area contributed by atoms with Gasteiger partial charge in [-0.2, -0.15) is 0 Å². The molecule has 1 aromatic carbocycles. The van der Waals surface area contributed by atoms with Gasteiger partial charge in [-0.25, -0.2) is 0 Å². The highest BCUT2D eigenvalue weighted by atomic mass is 16.2. The van der Waals surface area contributed by atoms with E-state index in [4.69, 9.17) is 5.73 Å². The van der Waals surface area contributed by atoms with Crippen LogP contribution in [0.2, 0.25) is 0 Å². The van der Waals surface area contributed by atoms with Gasteiger partial charge >= 0.3 is 0 Å². The zero-order chi connectivity index (χ0) is 18.3. The summed E-state index contributed by atoms with van der Waals surface area (Å²) in [5, 5.41) is 2.92. The van der Waals surface area contributed by atoms with Gasteiger partial charge in [0.25, 0.3) is 5.91 Å². The monoisotopic (exact) mass is 349 g/mol. The van der Waals surface area contributed by atoms with E-state index in [2.05, 4.69) is 10.3 Å². The van der Waals surface area contributed by atoms with E-state index in [9.17, 15) is 9.59 Å². The van der Waals surface area contributed by atoms with Gasteiger partial charge in [0.05, 0.1) is 5.57 Å². The Labute approximate surface area is 152 Å². The summed E-state index contributed by atoms with van der Waals surface area (Å²) in [5.41, 5.74) is 12.5. The van der Waals surface area contributed by atoms with Crippen LogP contribution in [-0.2, 0) is 22.4 Å². The SMILES string of the molecule is CC(CC(N)=O)c1c(C=C2C(=O)Nc3ccccc32)[nH]c2c1CCCC2. The van der Waals surface area contributed by atoms with Gasteiger partial charge in [-0.3, -0.25) is 9.59 Å². The summed E-state index contributed by atoms with van der Waals surface area (Å²) in [6.45, 7) is 2.04. The number of benzene rings is 1. The van der Waals surface area contributed by atoms with Gasteiger partial charge in [-0.15, -0.1) is 0 Å². The first-order valence-electron chi connectivity index (χ1n) is 9.19. The van der Waals surface area contributed by atoms with E-state index in [0.717, 1.165) is 48.2 Å². The van der Waals surface area contributed by atoms with Crippen LogP contribution in [0.5, 0.6) is 0 Å². The minimum Gasteiger partial charge on any atom is -0.370 e. The first-order chi connectivity index (χ1) is 12.5. The van der Waals surface area contributed by atoms with Crippen LogP contribution in [0.4, 0.5) is 5.69 Å². The van der Waals surface area contributed by atoms with Crippen molar-refractivity contribution in [2.45, 2.75) is 44.9 Å². The Balaban J connectivity index is 1.83. The second-order valence-corrected chi connectivity index (χ2v) is 7.25. The third-order valence-corrected chi connectivity index (χ3v) is 5.37. The molecule has 0 saturated carbocycles. The Hall–Kier alpha value is -2.82. The molecular formula is C21H23N3O2. The number of nitrogens with two attached hydrogens (primary N) is 1. The summed E-state index contributed by atoms with van der Waals surface area (Å²) >= 11 is 0. The number of anilines is 1. The summed E-state index contributed by atoms with van der Waals surface area (Å²) in [5.74, 6) is -0.366. The van der Waals surface area contributed by atoms with E-state index in [-0.39, 0.29) is 17.7 Å².